The van der Waals surface area contributed by atoms with Gasteiger partial charge in [-0.1, -0.05) is 36.4 Å². The number of hydrogen-bond donors (Lipinski definition) is 2. The van der Waals surface area contributed by atoms with Gasteiger partial charge in [0.25, 0.3) is 0 Å². The van der Waals surface area contributed by atoms with Crippen molar-refractivity contribution in [2.24, 2.45) is 0 Å². The van der Waals surface area contributed by atoms with Crippen molar-refractivity contribution in [2.45, 2.75) is 0 Å². The maximum Gasteiger partial charge on any atom is 0.397 e. The second-order valence-corrected chi connectivity index (χ2v) is 7.13. The fourth-order valence-electron chi connectivity index (χ4n) is 1.78. The Hall–Kier alpha value is -1.68. The van der Waals surface area contributed by atoms with Crippen LogP contribution in [0.5, 0.6) is 0 Å². The second-order valence-electron chi connectivity index (χ2n) is 4.20. The summed E-state index contributed by atoms with van der Waals surface area (Å²) in [7, 11) is -8.45. The SMILES string of the molecule is O=S(=O)(CCOS(=O)(=O)O)Nc1cccc2ccccc12. The summed E-state index contributed by atoms with van der Waals surface area (Å²) in [6.45, 7) is -0.668. The van der Waals surface area contributed by atoms with Crippen molar-refractivity contribution in [2.75, 3.05) is 17.1 Å². The molecule has 9 heteroatoms. The van der Waals surface area contributed by atoms with Crippen molar-refractivity contribution in [3.63, 3.8) is 0 Å². The molecule has 0 atom stereocenters. The molecule has 0 amide bonds. The molecule has 0 fully saturated rings. The molecule has 0 aliphatic rings. The summed E-state index contributed by atoms with van der Waals surface area (Å²) < 4.78 is 59.2. The lowest BCUT2D eigenvalue weighted by Crippen LogP contribution is -2.21. The lowest BCUT2D eigenvalue weighted by atomic mass is 10.1. The molecule has 7 nitrogen and oxygen atoms in total. The summed E-state index contributed by atoms with van der Waals surface area (Å²) in [5, 5.41) is 1.59. The maximum atomic E-state index is 11.9. The van der Waals surface area contributed by atoms with Crippen LogP contribution in [0.4, 0.5) is 5.69 Å². The lowest BCUT2D eigenvalue weighted by Gasteiger charge is -2.10. The van der Waals surface area contributed by atoms with E-state index < -0.39 is 32.8 Å². The predicted octanol–water partition coefficient (Wildman–Crippen LogP) is 1.40. The number of fused-ring (bicyclic) bond motifs is 1. The summed E-state index contributed by atoms with van der Waals surface area (Å²) in [6, 6.07) is 12.4. The molecule has 0 unspecified atom stereocenters. The van der Waals surface area contributed by atoms with Crippen LogP contribution in [0.1, 0.15) is 0 Å². The highest BCUT2D eigenvalue weighted by molar-refractivity contribution is 7.92. The summed E-state index contributed by atoms with van der Waals surface area (Å²) in [4.78, 5) is 0. The van der Waals surface area contributed by atoms with Gasteiger partial charge in [0.15, 0.2) is 0 Å². The van der Waals surface area contributed by atoms with Crippen LogP contribution in [0.15, 0.2) is 42.5 Å². The monoisotopic (exact) mass is 331 g/mol. The van der Waals surface area contributed by atoms with Crippen molar-refractivity contribution in [1.82, 2.24) is 0 Å². The highest BCUT2D eigenvalue weighted by Gasteiger charge is 2.14. The van der Waals surface area contributed by atoms with Gasteiger partial charge in [0.05, 0.1) is 18.0 Å². The van der Waals surface area contributed by atoms with E-state index in [1.807, 2.05) is 18.2 Å². The van der Waals surface area contributed by atoms with E-state index in [0.29, 0.717) is 5.69 Å². The van der Waals surface area contributed by atoms with Gasteiger partial charge in [-0.15, -0.1) is 0 Å². The normalized spacial score (nSPS) is 12.4. The first-order valence-electron chi connectivity index (χ1n) is 5.87. The molecule has 2 aromatic carbocycles. The molecule has 0 bridgehead atoms. The standard InChI is InChI=1S/C12H13NO6S2/c14-20(15,9-8-19-21(16,17)18)13-12-7-3-5-10-4-1-2-6-11(10)12/h1-7,13H,8-9H2,(H,16,17,18). The van der Waals surface area contributed by atoms with E-state index in [2.05, 4.69) is 8.91 Å². The summed E-state index contributed by atoms with van der Waals surface area (Å²) in [6.07, 6.45) is 0. The molecule has 2 rings (SSSR count). The predicted molar refractivity (Wildman–Crippen MR) is 78.9 cm³/mol. The van der Waals surface area contributed by atoms with E-state index in [0.717, 1.165) is 10.8 Å². The zero-order chi connectivity index (χ0) is 15.5. The minimum absolute atomic E-state index is 0.389. The zero-order valence-electron chi connectivity index (χ0n) is 10.8. The molecule has 0 radical (unpaired) electrons. The number of benzene rings is 2. The Bertz CT molecular complexity index is 840. The van der Waals surface area contributed by atoms with Crippen LogP contribution in [-0.4, -0.2) is 33.7 Å². The Morgan fingerprint density at radius 1 is 1.00 bits per heavy atom. The van der Waals surface area contributed by atoms with E-state index in [9.17, 15) is 16.8 Å². The third kappa shape index (κ3) is 4.67. The van der Waals surface area contributed by atoms with Crippen LogP contribution in [-0.2, 0) is 24.6 Å². The average molecular weight is 331 g/mol. The number of rotatable bonds is 6. The highest BCUT2D eigenvalue weighted by atomic mass is 32.3. The van der Waals surface area contributed by atoms with Gasteiger partial charge in [-0.25, -0.2) is 12.6 Å². The molecule has 0 aliphatic carbocycles. The lowest BCUT2D eigenvalue weighted by molar-refractivity contribution is 0.284. The fraction of sp³-hybridized carbons (Fsp3) is 0.167. The van der Waals surface area contributed by atoms with Gasteiger partial charge < -0.3 is 0 Å². The van der Waals surface area contributed by atoms with E-state index >= 15 is 0 Å². The van der Waals surface area contributed by atoms with Crippen LogP contribution in [0.3, 0.4) is 0 Å². The summed E-state index contributed by atoms with van der Waals surface area (Å²) >= 11 is 0. The average Bonchev–Trinajstić information content (AvgIpc) is 2.37. The van der Waals surface area contributed by atoms with Gasteiger partial charge in [-0.05, 0) is 11.5 Å². The van der Waals surface area contributed by atoms with Crippen LogP contribution >= 0.6 is 0 Å². The molecule has 0 spiro atoms. The largest absolute Gasteiger partial charge is 0.397 e. The molecule has 2 aromatic rings. The van der Waals surface area contributed by atoms with Crippen molar-refractivity contribution in [1.29, 1.82) is 0 Å². The van der Waals surface area contributed by atoms with E-state index in [-0.39, 0.29) is 0 Å². The zero-order valence-corrected chi connectivity index (χ0v) is 12.4. The Morgan fingerprint density at radius 2 is 1.67 bits per heavy atom. The molecule has 0 aromatic heterocycles. The molecular formula is C12H13NO6S2. The van der Waals surface area contributed by atoms with Gasteiger partial charge in [0.1, 0.15) is 0 Å². The van der Waals surface area contributed by atoms with Gasteiger partial charge in [-0.3, -0.25) is 9.27 Å². The van der Waals surface area contributed by atoms with E-state index in [1.54, 1.807) is 24.3 Å². The molecule has 0 saturated heterocycles. The van der Waals surface area contributed by atoms with E-state index in [1.165, 1.54) is 0 Å². The first-order valence-corrected chi connectivity index (χ1v) is 8.89. The number of nitrogens with one attached hydrogen (secondary N) is 1. The van der Waals surface area contributed by atoms with Gasteiger partial charge in [-0.2, -0.15) is 8.42 Å². The first-order chi connectivity index (χ1) is 9.77. The summed E-state index contributed by atoms with van der Waals surface area (Å²) in [5.74, 6) is -0.601. The first kappa shape index (κ1) is 15.7. The van der Waals surface area contributed by atoms with Crippen LogP contribution in [0.25, 0.3) is 10.8 Å². The Kier molecular flexibility index (Phi) is 4.47. The van der Waals surface area contributed by atoms with Gasteiger partial charge in [0, 0.05) is 5.39 Å². The Morgan fingerprint density at radius 3 is 2.38 bits per heavy atom. The Balaban J connectivity index is 2.15. The molecule has 114 valence electrons. The van der Waals surface area contributed by atoms with Crippen LogP contribution in [0.2, 0.25) is 0 Å². The molecule has 0 heterocycles. The maximum absolute atomic E-state index is 11.9. The summed E-state index contributed by atoms with van der Waals surface area (Å²) in [5.41, 5.74) is 0.389. The van der Waals surface area contributed by atoms with Crippen molar-refractivity contribution in [3.8, 4) is 0 Å². The van der Waals surface area contributed by atoms with Gasteiger partial charge >= 0.3 is 10.4 Å². The van der Waals surface area contributed by atoms with Crippen molar-refractivity contribution in [3.05, 3.63) is 42.5 Å². The van der Waals surface area contributed by atoms with Crippen LogP contribution < -0.4 is 4.72 Å². The minimum Gasteiger partial charge on any atom is -0.283 e. The number of sulfonamides is 1. The van der Waals surface area contributed by atoms with Gasteiger partial charge in [0.2, 0.25) is 10.0 Å². The highest BCUT2D eigenvalue weighted by Crippen LogP contribution is 2.23. The number of hydrogen-bond acceptors (Lipinski definition) is 5. The molecule has 0 saturated carbocycles. The number of anilines is 1. The molecule has 0 aliphatic heterocycles. The van der Waals surface area contributed by atoms with Crippen molar-refractivity contribution < 1.29 is 25.6 Å². The smallest absolute Gasteiger partial charge is 0.283 e. The van der Waals surface area contributed by atoms with E-state index in [4.69, 9.17) is 4.55 Å². The molecular weight excluding hydrogens is 318 g/mol. The second kappa shape index (κ2) is 5.98. The Labute approximate surface area is 122 Å². The molecule has 2 N–H and O–H groups in total. The minimum atomic E-state index is -4.65. The third-order valence-electron chi connectivity index (χ3n) is 2.64. The third-order valence-corrected chi connectivity index (χ3v) is 4.34. The molecule has 21 heavy (non-hydrogen) atoms. The topological polar surface area (TPSA) is 110 Å². The quantitative estimate of drug-likeness (QED) is 0.774. The van der Waals surface area contributed by atoms with Crippen LogP contribution in [0, 0.1) is 0 Å². The van der Waals surface area contributed by atoms with Crippen molar-refractivity contribution >= 4 is 36.9 Å². The fourth-order valence-corrected chi connectivity index (χ4v) is 3.10.